The fraction of sp³-hybridized carbons (Fsp3) is 0.375. The Balaban J connectivity index is 2.92. The lowest BCUT2D eigenvalue weighted by Crippen LogP contribution is -2.22. The molecule has 0 saturated heterocycles. The van der Waals surface area contributed by atoms with Gasteiger partial charge in [0.15, 0.2) is 0 Å². The molecular formula is C16H18FNO3. The van der Waals surface area contributed by atoms with Crippen molar-refractivity contribution in [1.29, 1.82) is 0 Å². The van der Waals surface area contributed by atoms with Crippen LogP contribution in [0.25, 0.3) is 10.9 Å². The lowest BCUT2D eigenvalue weighted by molar-refractivity contribution is 0.0524. The molecule has 0 radical (unpaired) electrons. The Labute approximate surface area is 122 Å². The van der Waals surface area contributed by atoms with Crippen molar-refractivity contribution in [3.05, 3.63) is 45.0 Å². The van der Waals surface area contributed by atoms with Gasteiger partial charge >= 0.3 is 5.97 Å². The first-order valence-corrected chi connectivity index (χ1v) is 6.92. The quantitative estimate of drug-likeness (QED) is 0.817. The molecule has 112 valence electrons. The van der Waals surface area contributed by atoms with Crippen LogP contribution < -0.4 is 5.43 Å². The zero-order valence-corrected chi connectivity index (χ0v) is 12.6. The van der Waals surface area contributed by atoms with Crippen LogP contribution in [-0.2, 0) is 11.3 Å². The molecule has 0 aliphatic rings. The Morgan fingerprint density at radius 2 is 2.00 bits per heavy atom. The first kappa shape index (κ1) is 15.2. The van der Waals surface area contributed by atoms with Crippen molar-refractivity contribution < 1.29 is 13.9 Å². The van der Waals surface area contributed by atoms with E-state index in [9.17, 15) is 14.0 Å². The van der Waals surface area contributed by atoms with Gasteiger partial charge in [0.05, 0.1) is 17.5 Å². The topological polar surface area (TPSA) is 48.3 Å². The van der Waals surface area contributed by atoms with E-state index in [1.807, 2.05) is 6.92 Å². The number of pyridine rings is 1. The van der Waals surface area contributed by atoms with Crippen molar-refractivity contribution in [2.75, 3.05) is 6.61 Å². The van der Waals surface area contributed by atoms with Crippen molar-refractivity contribution in [2.45, 2.75) is 34.2 Å². The predicted molar refractivity (Wildman–Crippen MR) is 79.3 cm³/mol. The minimum Gasteiger partial charge on any atom is -0.462 e. The Morgan fingerprint density at radius 1 is 1.33 bits per heavy atom. The van der Waals surface area contributed by atoms with E-state index in [4.69, 9.17) is 4.74 Å². The minimum absolute atomic E-state index is 0.0505. The molecule has 5 heteroatoms. The number of carbonyl (C=O) groups is 1. The van der Waals surface area contributed by atoms with Crippen molar-refractivity contribution in [2.24, 2.45) is 0 Å². The molecule has 0 saturated carbocycles. The number of hydrogen-bond acceptors (Lipinski definition) is 3. The molecule has 4 nitrogen and oxygen atoms in total. The molecule has 2 rings (SSSR count). The minimum atomic E-state index is -0.718. The molecule has 0 N–H and O–H groups in total. The summed E-state index contributed by atoms with van der Waals surface area (Å²) in [4.78, 5) is 24.3. The monoisotopic (exact) mass is 291 g/mol. The first-order chi connectivity index (χ1) is 9.92. The number of fused-ring (bicyclic) bond motifs is 1. The molecule has 0 spiro atoms. The van der Waals surface area contributed by atoms with E-state index >= 15 is 0 Å². The van der Waals surface area contributed by atoms with Gasteiger partial charge in [-0.05, 0) is 44.9 Å². The van der Waals surface area contributed by atoms with E-state index in [2.05, 4.69) is 0 Å². The van der Waals surface area contributed by atoms with Crippen molar-refractivity contribution in [3.8, 4) is 0 Å². The van der Waals surface area contributed by atoms with E-state index in [-0.39, 0.29) is 17.6 Å². The van der Waals surface area contributed by atoms with E-state index in [1.165, 1.54) is 6.20 Å². The van der Waals surface area contributed by atoms with Gasteiger partial charge in [0, 0.05) is 12.7 Å². The summed E-state index contributed by atoms with van der Waals surface area (Å²) < 4.78 is 21.1. The SMILES string of the molecule is CCOC(=O)c1cn(CC)c2cc(C)c(C)c(F)c2c1=O. The van der Waals surface area contributed by atoms with Crippen LogP contribution in [0.15, 0.2) is 17.1 Å². The second kappa shape index (κ2) is 5.68. The third kappa shape index (κ3) is 2.44. The maximum Gasteiger partial charge on any atom is 0.343 e. The number of aromatic nitrogens is 1. The molecule has 2 aromatic rings. The number of carbonyl (C=O) groups excluding carboxylic acids is 1. The van der Waals surface area contributed by atoms with Crippen LogP contribution in [0, 0.1) is 19.7 Å². The third-order valence-corrected chi connectivity index (χ3v) is 3.65. The number of benzene rings is 1. The molecule has 0 unspecified atom stereocenters. The van der Waals surface area contributed by atoms with E-state index in [0.29, 0.717) is 17.6 Å². The van der Waals surface area contributed by atoms with Crippen LogP contribution in [0.3, 0.4) is 0 Å². The van der Waals surface area contributed by atoms with Crippen molar-refractivity contribution in [3.63, 3.8) is 0 Å². The van der Waals surface area contributed by atoms with Crippen LogP contribution in [0.4, 0.5) is 4.39 Å². The number of halogens is 1. The summed E-state index contributed by atoms with van der Waals surface area (Å²) in [6.45, 7) is 7.62. The smallest absolute Gasteiger partial charge is 0.343 e. The Bertz CT molecular complexity index is 777. The summed E-state index contributed by atoms with van der Waals surface area (Å²) >= 11 is 0. The average molecular weight is 291 g/mol. The number of hydrogen-bond donors (Lipinski definition) is 0. The molecule has 1 aromatic heterocycles. The zero-order valence-electron chi connectivity index (χ0n) is 12.6. The summed E-state index contributed by atoms with van der Waals surface area (Å²) in [5, 5.41) is -0.0505. The molecule has 1 heterocycles. The fourth-order valence-corrected chi connectivity index (χ4v) is 2.34. The Morgan fingerprint density at radius 3 is 2.57 bits per heavy atom. The maximum absolute atomic E-state index is 14.5. The number of esters is 1. The van der Waals surface area contributed by atoms with Gasteiger partial charge in [0.1, 0.15) is 11.4 Å². The second-order valence-electron chi connectivity index (χ2n) is 4.90. The summed E-state index contributed by atoms with van der Waals surface area (Å²) in [7, 11) is 0. The van der Waals surface area contributed by atoms with E-state index < -0.39 is 17.2 Å². The predicted octanol–water partition coefficient (Wildman–Crippen LogP) is 2.95. The molecule has 0 atom stereocenters. The van der Waals surface area contributed by atoms with Gasteiger partial charge in [-0.1, -0.05) is 0 Å². The van der Waals surface area contributed by atoms with Crippen LogP contribution in [0.5, 0.6) is 0 Å². The molecule has 0 aliphatic carbocycles. The summed E-state index contributed by atoms with van der Waals surface area (Å²) in [6, 6.07) is 1.77. The van der Waals surface area contributed by atoms with Crippen LogP contribution in [-0.4, -0.2) is 17.1 Å². The summed E-state index contributed by atoms with van der Waals surface area (Å²) in [6.07, 6.45) is 1.44. The second-order valence-corrected chi connectivity index (χ2v) is 4.90. The number of nitrogens with zero attached hydrogens (tertiary/aromatic N) is 1. The Kier molecular flexibility index (Phi) is 4.11. The highest BCUT2D eigenvalue weighted by Gasteiger charge is 2.20. The highest BCUT2D eigenvalue weighted by atomic mass is 19.1. The van der Waals surface area contributed by atoms with E-state index in [0.717, 1.165) is 5.56 Å². The molecular weight excluding hydrogens is 273 g/mol. The van der Waals surface area contributed by atoms with Gasteiger partial charge in [0.2, 0.25) is 5.43 Å². The normalized spacial score (nSPS) is 10.9. The van der Waals surface area contributed by atoms with Gasteiger partial charge in [-0.2, -0.15) is 0 Å². The summed E-state index contributed by atoms with van der Waals surface area (Å²) in [5.41, 5.74) is 0.937. The van der Waals surface area contributed by atoms with Crippen LogP contribution in [0.2, 0.25) is 0 Å². The third-order valence-electron chi connectivity index (χ3n) is 3.65. The first-order valence-electron chi connectivity index (χ1n) is 6.92. The number of aryl methyl sites for hydroxylation is 2. The zero-order chi connectivity index (χ0) is 15.7. The van der Waals surface area contributed by atoms with Crippen molar-refractivity contribution >= 4 is 16.9 Å². The molecule has 0 amide bonds. The average Bonchev–Trinajstić information content (AvgIpc) is 2.45. The highest BCUT2D eigenvalue weighted by molar-refractivity contribution is 5.94. The lowest BCUT2D eigenvalue weighted by atomic mass is 10.0. The van der Waals surface area contributed by atoms with Crippen LogP contribution >= 0.6 is 0 Å². The largest absolute Gasteiger partial charge is 0.462 e. The standard InChI is InChI=1S/C16H18FNO3/c1-5-18-8-11(16(20)21-6-2)15(19)13-12(18)7-9(3)10(4)14(13)17/h7-8H,5-6H2,1-4H3. The summed E-state index contributed by atoms with van der Waals surface area (Å²) in [5.74, 6) is -1.28. The molecule has 21 heavy (non-hydrogen) atoms. The fourth-order valence-electron chi connectivity index (χ4n) is 2.34. The molecule has 0 fully saturated rings. The van der Waals surface area contributed by atoms with Gasteiger partial charge in [-0.15, -0.1) is 0 Å². The van der Waals surface area contributed by atoms with Gasteiger partial charge < -0.3 is 9.30 Å². The van der Waals surface area contributed by atoms with Gasteiger partial charge in [-0.3, -0.25) is 4.79 Å². The van der Waals surface area contributed by atoms with Gasteiger partial charge in [-0.25, -0.2) is 9.18 Å². The Hall–Kier alpha value is -2.17. The number of ether oxygens (including phenoxy) is 1. The molecule has 0 bridgehead atoms. The number of rotatable bonds is 3. The van der Waals surface area contributed by atoms with Crippen molar-refractivity contribution in [1.82, 2.24) is 4.57 Å². The van der Waals surface area contributed by atoms with Gasteiger partial charge in [0.25, 0.3) is 0 Å². The lowest BCUT2D eigenvalue weighted by Gasteiger charge is -2.14. The van der Waals surface area contributed by atoms with Crippen LogP contribution in [0.1, 0.15) is 35.3 Å². The molecule has 1 aromatic carbocycles. The van der Waals surface area contributed by atoms with E-state index in [1.54, 1.807) is 31.4 Å². The maximum atomic E-state index is 14.5. The molecule has 0 aliphatic heterocycles. The highest BCUT2D eigenvalue weighted by Crippen LogP contribution is 2.22.